The van der Waals surface area contributed by atoms with Gasteiger partial charge in [-0.15, -0.1) is 5.10 Å². The number of anilines is 1. The van der Waals surface area contributed by atoms with Crippen molar-refractivity contribution < 1.29 is 4.79 Å². The fourth-order valence-electron chi connectivity index (χ4n) is 0.858. The van der Waals surface area contributed by atoms with Gasteiger partial charge in [0.1, 0.15) is 0 Å². The smallest absolute Gasteiger partial charge is 0.288 e. The predicted octanol–water partition coefficient (Wildman–Crippen LogP) is 0.551. The zero-order chi connectivity index (χ0) is 11.6. The Labute approximate surface area is 88.7 Å². The lowest BCUT2D eigenvalue weighted by Crippen LogP contribution is -2.41. The molecule has 0 fully saturated rings. The van der Waals surface area contributed by atoms with Crippen LogP contribution in [0.25, 0.3) is 0 Å². The third-order valence-corrected chi connectivity index (χ3v) is 2.36. The van der Waals surface area contributed by atoms with Crippen LogP contribution in [0.5, 0.6) is 0 Å². The minimum Gasteiger partial charge on any atom is -0.366 e. The first kappa shape index (κ1) is 11.5. The fourth-order valence-corrected chi connectivity index (χ4v) is 0.858. The Balaban J connectivity index is 2.64. The van der Waals surface area contributed by atoms with E-state index in [9.17, 15) is 4.79 Å². The summed E-state index contributed by atoms with van der Waals surface area (Å²) in [5.41, 5.74) is 5.30. The van der Waals surface area contributed by atoms with E-state index < -0.39 is 0 Å². The molecule has 4 N–H and O–H groups in total. The van der Waals surface area contributed by atoms with Gasteiger partial charge in [-0.3, -0.25) is 9.89 Å². The van der Waals surface area contributed by atoms with Crippen LogP contribution in [0, 0.1) is 5.41 Å². The number of carbonyl (C=O) groups excluding carboxylic acids is 1. The highest BCUT2D eigenvalue weighted by Gasteiger charge is 2.23. The molecule has 0 saturated heterocycles. The van der Waals surface area contributed by atoms with Crippen molar-refractivity contribution >= 4 is 11.9 Å². The normalized spacial score (nSPS) is 13.6. The van der Waals surface area contributed by atoms with Crippen LogP contribution >= 0.6 is 0 Å². The zero-order valence-electron chi connectivity index (χ0n) is 9.46. The van der Waals surface area contributed by atoms with E-state index in [1.807, 2.05) is 27.7 Å². The van der Waals surface area contributed by atoms with E-state index in [1.54, 1.807) is 0 Å². The first-order chi connectivity index (χ1) is 6.80. The van der Waals surface area contributed by atoms with Gasteiger partial charge in [0.05, 0.1) is 0 Å². The second-order valence-corrected chi connectivity index (χ2v) is 4.60. The summed E-state index contributed by atoms with van der Waals surface area (Å²) in [6.45, 7) is 8.09. The topological polar surface area (TPSA) is 96.7 Å². The quantitative estimate of drug-likeness (QED) is 0.665. The summed E-state index contributed by atoms with van der Waals surface area (Å²) in [7, 11) is 0. The van der Waals surface area contributed by atoms with Gasteiger partial charge in [-0.1, -0.05) is 20.8 Å². The standard InChI is InChI=1S/C9H17N5O/c1-5(9(2,3)4)11-7(15)6-12-8(10)14-13-6/h5H,1-4H3,(H,11,15)(H3,10,12,13,14). The van der Waals surface area contributed by atoms with Gasteiger partial charge in [-0.25, -0.2) is 0 Å². The van der Waals surface area contributed by atoms with Gasteiger partial charge in [0, 0.05) is 6.04 Å². The van der Waals surface area contributed by atoms with E-state index in [-0.39, 0.29) is 29.1 Å². The van der Waals surface area contributed by atoms with Gasteiger partial charge >= 0.3 is 0 Å². The van der Waals surface area contributed by atoms with Crippen molar-refractivity contribution in [2.45, 2.75) is 33.7 Å². The number of nitrogens with two attached hydrogens (primary N) is 1. The van der Waals surface area contributed by atoms with Gasteiger partial charge < -0.3 is 11.1 Å². The Hall–Kier alpha value is -1.59. The molecule has 1 rings (SSSR count). The van der Waals surface area contributed by atoms with Crippen LogP contribution in [0.4, 0.5) is 5.95 Å². The highest BCUT2D eigenvalue weighted by atomic mass is 16.2. The van der Waals surface area contributed by atoms with E-state index in [0.717, 1.165) is 0 Å². The molecule has 1 aromatic rings. The van der Waals surface area contributed by atoms with E-state index >= 15 is 0 Å². The van der Waals surface area contributed by atoms with Crippen LogP contribution < -0.4 is 11.1 Å². The molecule has 0 spiro atoms. The summed E-state index contributed by atoms with van der Waals surface area (Å²) in [5, 5.41) is 8.87. The monoisotopic (exact) mass is 211 g/mol. The number of H-pyrrole nitrogens is 1. The molecule has 0 aliphatic carbocycles. The summed E-state index contributed by atoms with van der Waals surface area (Å²) in [6.07, 6.45) is 0. The lowest BCUT2D eigenvalue weighted by molar-refractivity contribution is 0.0900. The second-order valence-electron chi connectivity index (χ2n) is 4.60. The lowest BCUT2D eigenvalue weighted by atomic mass is 9.88. The molecule has 0 aliphatic rings. The molecule has 15 heavy (non-hydrogen) atoms. The average molecular weight is 211 g/mol. The molecule has 1 heterocycles. The molecule has 1 atom stereocenters. The Morgan fingerprint density at radius 3 is 2.53 bits per heavy atom. The molecular weight excluding hydrogens is 194 g/mol. The first-order valence-electron chi connectivity index (χ1n) is 4.79. The van der Waals surface area contributed by atoms with E-state index in [0.29, 0.717) is 0 Å². The third-order valence-electron chi connectivity index (χ3n) is 2.36. The number of hydrogen-bond donors (Lipinski definition) is 3. The summed E-state index contributed by atoms with van der Waals surface area (Å²) >= 11 is 0. The molecular formula is C9H17N5O. The molecule has 1 aromatic heterocycles. The number of rotatable bonds is 2. The van der Waals surface area contributed by atoms with Gasteiger partial charge in [0.25, 0.3) is 5.91 Å². The molecule has 0 bridgehead atoms. The predicted molar refractivity (Wildman–Crippen MR) is 57.2 cm³/mol. The van der Waals surface area contributed by atoms with Gasteiger partial charge in [-0.2, -0.15) is 4.98 Å². The Morgan fingerprint density at radius 1 is 1.53 bits per heavy atom. The maximum atomic E-state index is 11.6. The van der Waals surface area contributed by atoms with Crippen molar-refractivity contribution in [2.24, 2.45) is 5.41 Å². The molecule has 6 heteroatoms. The first-order valence-corrected chi connectivity index (χ1v) is 4.79. The maximum absolute atomic E-state index is 11.6. The fraction of sp³-hybridized carbons (Fsp3) is 0.667. The Morgan fingerprint density at radius 2 is 2.13 bits per heavy atom. The summed E-state index contributed by atoms with van der Waals surface area (Å²) in [4.78, 5) is 15.4. The van der Waals surface area contributed by atoms with Crippen molar-refractivity contribution in [1.82, 2.24) is 20.5 Å². The number of amides is 1. The van der Waals surface area contributed by atoms with Gasteiger partial charge in [0.2, 0.25) is 11.8 Å². The van der Waals surface area contributed by atoms with E-state index in [2.05, 4.69) is 20.5 Å². The molecule has 1 unspecified atom stereocenters. The van der Waals surface area contributed by atoms with Crippen molar-refractivity contribution in [3.05, 3.63) is 5.82 Å². The van der Waals surface area contributed by atoms with Gasteiger partial charge in [-0.05, 0) is 12.3 Å². The summed E-state index contributed by atoms with van der Waals surface area (Å²) in [6, 6.07) is 0.0383. The van der Waals surface area contributed by atoms with Crippen LogP contribution in [-0.4, -0.2) is 27.1 Å². The molecule has 1 amide bonds. The van der Waals surface area contributed by atoms with Gasteiger partial charge in [0.15, 0.2) is 0 Å². The van der Waals surface area contributed by atoms with Crippen LogP contribution in [0.2, 0.25) is 0 Å². The number of nitrogens with zero attached hydrogens (tertiary/aromatic N) is 2. The Bertz CT molecular complexity index is 352. The largest absolute Gasteiger partial charge is 0.366 e. The number of nitrogens with one attached hydrogen (secondary N) is 2. The van der Waals surface area contributed by atoms with E-state index in [1.165, 1.54) is 0 Å². The molecule has 84 valence electrons. The number of aromatic amines is 1. The molecule has 0 aliphatic heterocycles. The minimum atomic E-state index is -0.290. The maximum Gasteiger partial charge on any atom is 0.288 e. The number of hydrogen-bond acceptors (Lipinski definition) is 4. The second kappa shape index (κ2) is 3.88. The number of nitrogen functional groups attached to an aromatic ring is 1. The van der Waals surface area contributed by atoms with Crippen molar-refractivity contribution in [2.75, 3.05) is 5.73 Å². The zero-order valence-corrected chi connectivity index (χ0v) is 9.46. The van der Waals surface area contributed by atoms with Crippen LogP contribution in [0.1, 0.15) is 38.3 Å². The Kier molecular flexibility index (Phi) is 2.97. The summed E-state index contributed by atoms with van der Waals surface area (Å²) in [5.74, 6) is -0.0752. The number of carbonyl (C=O) groups is 1. The van der Waals surface area contributed by atoms with Crippen LogP contribution in [0.15, 0.2) is 0 Å². The van der Waals surface area contributed by atoms with Crippen molar-refractivity contribution in [1.29, 1.82) is 0 Å². The highest BCUT2D eigenvalue weighted by Crippen LogP contribution is 2.18. The summed E-state index contributed by atoms with van der Waals surface area (Å²) < 4.78 is 0. The average Bonchev–Trinajstić information content (AvgIpc) is 2.50. The molecule has 0 saturated carbocycles. The number of aromatic nitrogens is 3. The van der Waals surface area contributed by atoms with Crippen LogP contribution in [-0.2, 0) is 0 Å². The lowest BCUT2D eigenvalue weighted by Gasteiger charge is -2.27. The third kappa shape index (κ3) is 2.93. The SMILES string of the molecule is CC(NC(=O)c1nc(N)n[nH]1)C(C)(C)C. The molecule has 0 radical (unpaired) electrons. The minimum absolute atomic E-state index is 0.00122. The van der Waals surface area contributed by atoms with Crippen molar-refractivity contribution in [3.8, 4) is 0 Å². The molecule has 0 aromatic carbocycles. The highest BCUT2D eigenvalue weighted by molar-refractivity contribution is 5.90. The van der Waals surface area contributed by atoms with Crippen LogP contribution in [0.3, 0.4) is 0 Å². The van der Waals surface area contributed by atoms with Crippen molar-refractivity contribution in [3.63, 3.8) is 0 Å². The van der Waals surface area contributed by atoms with E-state index in [4.69, 9.17) is 5.73 Å². The molecule has 6 nitrogen and oxygen atoms in total.